The van der Waals surface area contributed by atoms with E-state index in [9.17, 15) is 18.0 Å². The molecule has 2 amide bonds. The predicted octanol–water partition coefficient (Wildman–Crippen LogP) is 6.97. The maximum Gasteiger partial charge on any atom is 0.412 e. The van der Waals surface area contributed by atoms with Crippen LogP contribution in [0.25, 0.3) is 21.5 Å². The molecule has 0 saturated heterocycles. The van der Waals surface area contributed by atoms with Gasteiger partial charge in [0.2, 0.25) is 15.9 Å². The average molecular weight is 590 g/mol. The maximum atomic E-state index is 13.5. The summed E-state index contributed by atoms with van der Waals surface area (Å²) < 4.78 is 35.2. The molecule has 0 bridgehead atoms. The minimum absolute atomic E-state index is 0.0379. The summed E-state index contributed by atoms with van der Waals surface area (Å²) in [5.74, 6) is -0.151. The van der Waals surface area contributed by atoms with Crippen molar-refractivity contribution in [1.82, 2.24) is 10.0 Å². The number of carbonyl (C=O) groups is 2. The standard InChI is InChI=1S/C33H39N3O5S/c1-6-7-15-31(37)35-29(21-34-42(39,40)30-19-16-22(2)25-12-8-9-13-27(25)30)24-17-18-26-23(20-24)11-10-14-28(26)36-32(38)41-33(3,4)5/h8-14,16-20,29,34H,6-7,15,21H2,1-5H3,(H,35,37)(H,36,38)/t29-/m0/s1. The topological polar surface area (TPSA) is 114 Å². The van der Waals surface area contributed by atoms with Crippen molar-refractivity contribution in [1.29, 1.82) is 0 Å². The lowest BCUT2D eigenvalue weighted by Crippen LogP contribution is -2.38. The molecule has 0 spiro atoms. The van der Waals surface area contributed by atoms with Crippen LogP contribution in [0.5, 0.6) is 0 Å². The van der Waals surface area contributed by atoms with Crippen LogP contribution < -0.4 is 15.4 Å². The van der Waals surface area contributed by atoms with Crippen molar-refractivity contribution in [3.05, 3.63) is 83.9 Å². The van der Waals surface area contributed by atoms with Gasteiger partial charge in [0.25, 0.3) is 0 Å². The SMILES string of the molecule is CCCCC(=O)N[C@@H](CNS(=O)(=O)c1ccc(C)c2ccccc12)c1ccc2c(NC(=O)OC(C)(C)C)cccc2c1. The Balaban J connectivity index is 1.63. The second-order valence-electron chi connectivity index (χ2n) is 11.4. The second-order valence-corrected chi connectivity index (χ2v) is 13.2. The number of benzene rings is 4. The van der Waals surface area contributed by atoms with Gasteiger partial charge in [0, 0.05) is 23.7 Å². The summed E-state index contributed by atoms with van der Waals surface area (Å²) >= 11 is 0. The normalized spacial score (nSPS) is 12.7. The van der Waals surface area contributed by atoms with Crippen LogP contribution in [0.2, 0.25) is 0 Å². The molecule has 9 heteroatoms. The number of hydrogen-bond donors (Lipinski definition) is 3. The van der Waals surface area contributed by atoms with Crippen molar-refractivity contribution in [3.8, 4) is 0 Å². The number of ether oxygens (including phenoxy) is 1. The molecule has 42 heavy (non-hydrogen) atoms. The van der Waals surface area contributed by atoms with Crippen molar-refractivity contribution in [2.24, 2.45) is 0 Å². The zero-order chi connectivity index (χ0) is 30.5. The Kier molecular flexibility index (Phi) is 9.53. The van der Waals surface area contributed by atoms with E-state index in [1.54, 1.807) is 45.0 Å². The predicted molar refractivity (Wildman–Crippen MR) is 168 cm³/mol. The van der Waals surface area contributed by atoms with E-state index in [0.29, 0.717) is 17.5 Å². The molecule has 0 heterocycles. The van der Waals surface area contributed by atoms with Gasteiger partial charge in [-0.25, -0.2) is 17.9 Å². The van der Waals surface area contributed by atoms with Crippen molar-refractivity contribution in [2.45, 2.75) is 70.4 Å². The Morgan fingerprint density at radius 2 is 1.64 bits per heavy atom. The highest BCUT2D eigenvalue weighted by Gasteiger charge is 2.23. The molecule has 4 aromatic carbocycles. The van der Waals surface area contributed by atoms with Gasteiger partial charge in [-0.15, -0.1) is 0 Å². The van der Waals surface area contributed by atoms with E-state index in [1.807, 2.05) is 62.4 Å². The van der Waals surface area contributed by atoms with Crippen molar-refractivity contribution >= 4 is 49.3 Å². The molecule has 222 valence electrons. The van der Waals surface area contributed by atoms with E-state index < -0.39 is 27.8 Å². The van der Waals surface area contributed by atoms with Gasteiger partial charge in [-0.3, -0.25) is 10.1 Å². The van der Waals surface area contributed by atoms with Gasteiger partial charge in [-0.1, -0.05) is 67.9 Å². The number of nitrogens with one attached hydrogen (secondary N) is 3. The molecule has 0 aliphatic carbocycles. The first-order valence-electron chi connectivity index (χ1n) is 14.2. The maximum absolute atomic E-state index is 13.5. The summed E-state index contributed by atoms with van der Waals surface area (Å²) in [6.45, 7) is 9.31. The highest BCUT2D eigenvalue weighted by Crippen LogP contribution is 2.29. The van der Waals surface area contributed by atoms with E-state index in [-0.39, 0.29) is 17.3 Å². The largest absolute Gasteiger partial charge is 0.444 e. The molecule has 0 aliphatic rings. The van der Waals surface area contributed by atoms with E-state index in [4.69, 9.17) is 4.74 Å². The number of hydrogen-bond acceptors (Lipinski definition) is 5. The van der Waals surface area contributed by atoms with Gasteiger partial charge in [-0.05, 0) is 74.2 Å². The molecule has 3 N–H and O–H groups in total. The van der Waals surface area contributed by atoms with Crippen LogP contribution in [0.1, 0.15) is 64.1 Å². The molecule has 4 rings (SSSR count). The number of anilines is 1. The third-order valence-corrected chi connectivity index (χ3v) is 8.39. The fourth-order valence-electron chi connectivity index (χ4n) is 4.82. The molecule has 0 fully saturated rings. The Labute approximate surface area is 247 Å². The number of amides is 2. The summed E-state index contributed by atoms with van der Waals surface area (Å²) in [7, 11) is -3.90. The lowest BCUT2D eigenvalue weighted by atomic mass is 10.0. The lowest BCUT2D eigenvalue weighted by Gasteiger charge is -2.22. The molecule has 0 radical (unpaired) electrons. The summed E-state index contributed by atoms with van der Waals surface area (Å²) in [5, 5.41) is 8.95. The van der Waals surface area contributed by atoms with Crippen LogP contribution in [0.15, 0.2) is 77.7 Å². The molecule has 0 saturated carbocycles. The zero-order valence-corrected chi connectivity index (χ0v) is 25.6. The number of sulfonamides is 1. The van der Waals surface area contributed by atoms with Gasteiger partial charge in [0.05, 0.1) is 16.6 Å². The molecular weight excluding hydrogens is 550 g/mol. The summed E-state index contributed by atoms with van der Waals surface area (Å²) in [5.41, 5.74) is 1.67. The first-order valence-corrected chi connectivity index (χ1v) is 15.7. The zero-order valence-electron chi connectivity index (χ0n) is 24.8. The van der Waals surface area contributed by atoms with Crippen LogP contribution in [0.3, 0.4) is 0 Å². The van der Waals surface area contributed by atoms with E-state index in [0.717, 1.165) is 40.1 Å². The fourth-order valence-corrected chi connectivity index (χ4v) is 6.08. The Morgan fingerprint density at radius 1 is 0.905 bits per heavy atom. The van der Waals surface area contributed by atoms with Crippen LogP contribution in [0, 0.1) is 6.92 Å². The highest BCUT2D eigenvalue weighted by molar-refractivity contribution is 7.89. The minimum Gasteiger partial charge on any atom is -0.444 e. The number of fused-ring (bicyclic) bond motifs is 2. The number of unbranched alkanes of at least 4 members (excludes halogenated alkanes) is 1. The van der Waals surface area contributed by atoms with Crippen LogP contribution in [0.4, 0.5) is 10.5 Å². The highest BCUT2D eigenvalue weighted by atomic mass is 32.2. The molecular formula is C33H39N3O5S. The van der Waals surface area contributed by atoms with Crippen molar-refractivity contribution in [2.75, 3.05) is 11.9 Å². The molecule has 4 aromatic rings. The third kappa shape index (κ3) is 7.66. The fraction of sp³-hybridized carbons (Fsp3) is 0.333. The van der Waals surface area contributed by atoms with E-state index in [1.165, 1.54) is 0 Å². The van der Waals surface area contributed by atoms with Gasteiger partial charge in [0.1, 0.15) is 5.60 Å². The Hall–Kier alpha value is -3.95. The Bertz CT molecular complexity index is 1710. The Morgan fingerprint density at radius 3 is 2.36 bits per heavy atom. The van der Waals surface area contributed by atoms with Gasteiger partial charge in [-0.2, -0.15) is 0 Å². The van der Waals surface area contributed by atoms with Gasteiger partial charge < -0.3 is 10.1 Å². The van der Waals surface area contributed by atoms with E-state index in [2.05, 4.69) is 15.4 Å². The molecule has 0 aliphatic heterocycles. The number of aryl methyl sites for hydroxylation is 1. The van der Waals surface area contributed by atoms with Crippen molar-refractivity contribution < 1.29 is 22.7 Å². The average Bonchev–Trinajstić information content (AvgIpc) is 2.93. The van der Waals surface area contributed by atoms with Crippen LogP contribution in [-0.2, 0) is 19.6 Å². The molecule has 8 nitrogen and oxygen atoms in total. The summed E-state index contributed by atoms with van der Waals surface area (Å²) in [6.07, 6.45) is 1.39. The van der Waals surface area contributed by atoms with E-state index >= 15 is 0 Å². The monoisotopic (exact) mass is 589 g/mol. The number of carbonyl (C=O) groups excluding carboxylic acids is 2. The first-order chi connectivity index (χ1) is 19.9. The van der Waals surface area contributed by atoms with Gasteiger partial charge >= 0.3 is 6.09 Å². The summed E-state index contributed by atoms with van der Waals surface area (Å²) in [6, 6.07) is 21.3. The first kappa shape index (κ1) is 31.0. The van der Waals surface area contributed by atoms with Crippen LogP contribution in [-0.4, -0.2) is 32.6 Å². The smallest absolute Gasteiger partial charge is 0.412 e. The lowest BCUT2D eigenvalue weighted by molar-refractivity contribution is -0.121. The van der Waals surface area contributed by atoms with Crippen LogP contribution >= 0.6 is 0 Å². The number of rotatable bonds is 10. The third-order valence-electron chi connectivity index (χ3n) is 6.90. The molecule has 1 atom stereocenters. The summed E-state index contributed by atoms with van der Waals surface area (Å²) in [4.78, 5) is 25.4. The minimum atomic E-state index is -3.90. The molecule has 0 aromatic heterocycles. The second kappa shape index (κ2) is 12.9. The van der Waals surface area contributed by atoms with Gasteiger partial charge in [0.15, 0.2) is 0 Å². The molecule has 0 unspecified atom stereocenters. The van der Waals surface area contributed by atoms with Crippen molar-refractivity contribution in [3.63, 3.8) is 0 Å². The quantitative estimate of drug-likeness (QED) is 0.185.